The number of carbonyl (C=O) groups excluding carboxylic acids is 3. The first-order valence-electron chi connectivity index (χ1n) is 9.37. The van der Waals surface area contributed by atoms with E-state index in [0.29, 0.717) is 16.2 Å². The van der Waals surface area contributed by atoms with Crippen molar-refractivity contribution in [3.63, 3.8) is 0 Å². The minimum atomic E-state index is -0.462. The van der Waals surface area contributed by atoms with E-state index in [-0.39, 0.29) is 17.7 Å². The molecule has 31 heavy (non-hydrogen) atoms. The molecule has 7 heteroatoms. The van der Waals surface area contributed by atoms with Gasteiger partial charge in [0, 0.05) is 4.47 Å². The summed E-state index contributed by atoms with van der Waals surface area (Å²) in [7, 11) is 0. The Hall–Kier alpha value is -3.16. The molecule has 2 amide bonds. The van der Waals surface area contributed by atoms with Crippen LogP contribution in [0.1, 0.15) is 21.5 Å². The number of halogens is 1. The molecule has 0 aromatic heterocycles. The number of hydrogen-bond donors (Lipinski definition) is 0. The lowest BCUT2D eigenvalue weighted by Crippen LogP contribution is -2.27. The average Bonchev–Trinajstić information content (AvgIpc) is 3.03. The Morgan fingerprint density at radius 1 is 0.968 bits per heavy atom. The van der Waals surface area contributed by atoms with Crippen molar-refractivity contribution in [2.75, 3.05) is 0 Å². The number of rotatable bonds is 5. The Morgan fingerprint density at radius 2 is 1.71 bits per heavy atom. The molecule has 5 nitrogen and oxygen atoms in total. The van der Waals surface area contributed by atoms with Crippen LogP contribution in [0.3, 0.4) is 0 Å². The fourth-order valence-electron chi connectivity index (χ4n) is 2.97. The van der Waals surface area contributed by atoms with Gasteiger partial charge in [-0.2, -0.15) is 0 Å². The molecule has 4 rings (SSSR count). The Balaban J connectivity index is 1.44. The quantitative estimate of drug-likeness (QED) is 0.251. The molecule has 1 saturated heterocycles. The zero-order chi connectivity index (χ0) is 21.8. The van der Waals surface area contributed by atoms with E-state index in [1.807, 2.05) is 36.4 Å². The normalized spacial score (nSPS) is 14.9. The molecule has 0 radical (unpaired) electrons. The molecule has 0 bridgehead atoms. The number of thioether (sulfide) groups is 1. The predicted molar refractivity (Wildman–Crippen MR) is 123 cm³/mol. The minimum absolute atomic E-state index is 0.243. The van der Waals surface area contributed by atoms with E-state index in [0.717, 1.165) is 27.4 Å². The molecule has 0 N–H and O–H groups in total. The molecule has 1 fully saturated rings. The number of nitrogens with zero attached hydrogens (tertiary/aromatic N) is 1. The van der Waals surface area contributed by atoms with Gasteiger partial charge in [0.05, 0.1) is 17.0 Å². The molecule has 0 atom stereocenters. The van der Waals surface area contributed by atoms with Crippen LogP contribution in [-0.2, 0) is 11.3 Å². The summed E-state index contributed by atoms with van der Waals surface area (Å²) in [6.45, 7) is 0.243. The third-order valence-corrected chi connectivity index (χ3v) is 5.91. The number of amides is 2. The second-order valence-electron chi connectivity index (χ2n) is 6.72. The molecule has 1 aliphatic heterocycles. The van der Waals surface area contributed by atoms with Crippen molar-refractivity contribution in [3.05, 3.63) is 105 Å². The van der Waals surface area contributed by atoms with Crippen LogP contribution >= 0.6 is 27.7 Å². The van der Waals surface area contributed by atoms with Crippen LogP contribution in [0.2, 0.25) is 0 Å². The van der Waals surface area contributed by atoms with Crippen molar-refractivity contribution in [2.24, 2.45) is 0 Å². The number of ether oxygens (including phenoxy) is 1. The van der Waals surface area contributed by atoms with Crippen LogP contribution in [0.25, 0.3) is 6.08 Å². The maximum atomic E-state index is 12.7. The molecule has 154 valence electrons. The van der Waals surface area contributed by atoms with Crippen molar-refractivity contribution in [1.29, 1.82) is 0 Å². The second-order valence-corrected chi connectivity index (χ2v) is 8.63. The van der Waals surface area contributed by atoms with Gasteiger partial charge in [-0.05, 0) is 59.3 Å². The van der Waals surface area contributed by atoms with Gasteiger partial charge in [0.2, 0.25) is 0 Å². The summed E-state index contributed by atoms with van der Waals surface area (Å²) in [4.78, 5) is 38.8. The number of benzene rings is 3. The summed E-state index contributed by atoms with van der Waals surface area (Å²) in [6.07, 6.45) is 1.66. The van der Waals surface area contributed by atoms with Gasteiger partial charge in [-0.15, -0.1) is 0 Å². The summed E-state index contributed by atoms with van der Waals surface area (Å²) in [5, 5.41) is -0.292. The zero-order valence-corrected chi connectivity index (χ0v) is 18.6. The molecule has 0 unspecified atom stereocenters. The molecular formula is C24H16BrNO4S. The number of hydrogen-bond acceptors (Lipinski definition) is 5. The van der Waals surface area contributed by atoms with E-state index in [1.165, 1.54) is 4.90 Å². The standard InChI is InChI=1S/C24H16BrNO4S/c25-19-8-4-7-18(14-19)23(28)30-20-11-9-16(10-12-20)13-21-22(27)26(24(29)31-21)15-17-5-2-1-3-6-17/h1-14H,15H2/b21-13-. The van der Waals surface area contributed by atoms with Crippen molar-refractivity contribution in [2.45, 2.75) is 6.54 Å². The van der Waals surface area contributed by atoms with E-state index in [1.54, 1.807) is 48.5 Å². The molecule has 0 aliphatic carbocycles. The van der Waals surface area contributed by atoms with Crippen LogP contribution in [0.5, 0.6) is 5.75 Å². The molecule has 0 spiro atoms. The largest absolute Gasteiger partial charge is 0.423 e. The third kappa shape index (κ3) is 5.13. The summed E-state index contributed by atoms with van der Waals surface area (Å²) in [6, 6.07) is 23.1. The summed E-state index contributed by atoms with van der Waals surface area (Å²) >= 11 is 4.25. The van der Waals surface area contributed by atoms with E-state index in [4.69, 9.17) is 4.74 Å². The first-order valence-corrected chi connectivity index (χ1v) is 11.0. The van der Waals surface area contributed by atoms with Gasteiger partial charge in [0.25, 0.3) is 11.1 Å². The highest BCUT2D eigenvalue weighted by molar-refractivity contribution is 9.10. The van der Waals surface area contributed by atoms with Gasteiger partial charge >= 0.3 is 5.97 Å². The fourth-order valence-corrected chi connectivity index (χ4v) is 4.20. The Labute approximate surface area is 191 Å². The molecular weight excluding hydrogens is 478 g/mol. The summed E-state index contributed by atoms with van der Waals surface area (Å²) in [5.41, 5.74) is 2.06. The Kier molecular flexibility index (Phi) is 6.34. The zero-order valence-electron chi connectivity index (χ0n) is 16.2. The summed E-state index contributed by atoms with van der Waals surface area (Å²) < 4.78 is 6.18. The van der Waals surface area contributed by atoms with Crippen LogP contribution in [-0.4, -0.2) is 22.0 Å². The fraction of sp³-hybridized carbons (Fsp3) is 0.0417. The van der Waals surface area contributed by atoms with E-state index in [2.05, 4.69) is 15.9 Å². The van der Waals surface area contributed by atoms with Crippen LogP contribution in [0, 0.1) is 0 Å². The molecule has 0 saturated carbocycles. The smallest absolute Gasteiger partial charge is 0.343 e. The number of carbonyl (C=O) groups is 3. The lowest BCUT2D eigenvalue weighted by molar-refractivity contribution is -0.123. The topological polar surface area (TPSA) is 63.7 Å². The van der Waals surface area contributed by atoms with E-state index < -0.39 is 5.97 Å². The minimum Gasteiger partial charge on any atom is -0.423 e. The van der Waals surface area contributed by atoms with E-state index in [9.17, 15) is 14.4 Å². The van der Waals surface area contributed by atoms with Gasteiger partial charge in [0.15, 0.2) is 0 Å². The molecule has 3 aromatic rings. The van der Waals surface area contributed by atoms with Crippen LogP contribution in [0.4, 0.5) is 4.79 Å². The van der Waals surface area contributed by atoms with Crippen molar-refractivity contribution in [3.8, 4) is 5.75 Å². The average molecular weight is 494 g/mol. The number of esters is 1. The van der Waals surface area contributed by atoms with Crippen LogP contribution < -0.4 is 4.74 Å². The van der Waals surface area contributed by atoms with Gasteiger partial charge in [-0.25, -0.2) is 4.79 Å². The van der Waals surface area contributed by atoms with Crippen molar-refractivity contribution >= 4 is 50.9 Å². The first-order chi connectivity index (χ1) is 15.0. The first kappa shape index (κ1) is 21.1. The summed E-state index contributed by atoms with van der Waals surface area (Å²) in [5.74, 6) is -0.389. The SMILES string of the molecule is O=C(Oc1ccc(/C=C2\SC(=O)N(Cc3ccccc3)C2=O)cc1)c1cccc(Br)c1. The maximum absolute atomic E-state index is 12.7. The lowest BCUT2D eigenvalue weighted by atomic mass is 10.2. The van der Waals surface area contributed by atoms with Crippen molar-refractivity contribution < 1.29 is 19.1 Å². The van der Waals surface area contributed by atoms with Crippen molar-refractivity contribution in [1.82, 2.24) is 4.90 Å². The van der Waals surface area contributed by atoms with E-state index >= 15 is 0 Å². The van der Waals surface area contributed by atoms with Gasteiger partial charge in [-0.3, -0.25) is 14.5 Å². The Bertz CT molecular complexity index is 1180. The lowest BCUT2D eigenvalue weighted by Gasteiger charge is -2.12. The van der Waals surface area contributed by atoms with Gasteiger partial charge < -0.3 is 4.74 Å². The number of imide groups is 1. The predicted octanol–water partition coefficient (Wildman–Crippen LogP) is 5.90. The highest BCUT2D eigenvalue weighted by Gasteiger charge is 2.34. The maximum Gasteiger partial charge on any atom is 0.343 e. The highest BCUT2D eigenvalue weighted by Crippen LogP contribution is 2.33. The van der Waals surface area contributed by atoms with Crippen LogP contribution in [0.15, 0.2) is 88.2 Å². The monoisotopic (exact) mass is 493 g/mol. The highest BCUT2D eigenvalue weighted by atomic mass is 79.9. The Morgan fingerprint density at radius 3 is 2.42 bits per heavy atom. The van der Waals surface area contributed by atoms with Gasteiger partial charge in [0.1, 0.15) is 5.75 Å². The molecule has 3 aromatic carbocycles. The molecule has 1 heterocycles. The third-order valence-electron chi connectivity index (χ3n) is 4.51. The molecule has 1 aliphatic rings. The second kappa shape index (κ2) is 9.32. The van der Waals surface area contributed by atoms with Gasteiger partial charge in [-0.1, -0.05) is 64.5 Å².